The van der Waals surface area contributed by atoms with Crippen molar-refractivity contribution in [2.45, 2.75) is 43.3 Å². The van der Waals surface area contributed by atoms with E-state index in [2.05, 4.69) is 20.5 Å². The van der Waals surface area contributed by atoms with Gasteiger partial charge in [-0.15, -0.1) is 0 Å². The molecule has 0 saturated carbocycles. The van der Waals surface area contributed by atoms with E-state index in [0.29, 0.717) is 29.7 Å². The van der Waals surface area contributed by atoms with Gasteiger partial charge in [-0.1, -0.05) is 66.0 Å². The summed E-state index contributed by atoms with van der Waals surface area (Å²) in [7, 11) is -2.60. The van der Waals surface area contributed by atoms with Crippen molar-refractivity contribution >= 4 is 55.9 Å². The van der Waals surface area contributed by atoms with Gasteiger partial charge in [0.2, 0.25) is 5.91 Å². The lowest BCUT2D eigenvalue weighted by molar-refractivity contribution is -0.123. The Bertz CT molecular complexity index is 1650. The molecule has 0 bridgehead atoms. The van der Waals surface area contributed by atoms with Crippen LogP contribution in [-0.4, -0.2) is 43.8 Å². The van der Waals surface area contributed by atoms with Crippen molar-refractivity contribution in [3.05, 3.63) is 81.8 Å². The zero-order valence-electron chi connectivity index (χ0n) is 21.8. The first-order chi connectivity index (χ1) is 19.3. The van der Waals surface area contributed by atoms with Crippen molar-refractivity contribution in [1.82, 2.24) is 20.4 Å². The summed E-state index contributed by atoms with van der Waals surface area (Å²) >= 11 is 12.3. The van der Waals surface area contributed by atoms with Gasteiger partial charge in [-0.25, -0.2) is 8.42 Å². The number of hydrogen-bond donors (Lipinski definition) is 3. The minimum atomic E-state index is -4.12. The standard InChI is InChI=1S/C28H29Cl2N5O4S/c1-39-23-12-6-11-22-25(23)27(34-40(37,38)24-13-5-9-20(29)26(24)30)33-35(22)17-19-8-4-7-18(15-19)16-32-28(36)21-10-2-3-14-31-21/h4-9,11-13,15,21,31H,2-3,10,14,16-17H2,1H3,(H,32,36)(H,33,34)/t21-/m0/s1. The lowest BCUT2D eigenvalue weighted by atomic mass is 10.0. The van der Waals surface area contributed by atoms with E-state index in [0.717, 1.165) is 36.9 Å². The Hall–Kier alpha value is -3.31. The average molecular weight is 603 g/mol. The molecule has 210 valence electrons. The van der Waals surface area contributed by atoms with Crippen LogP contribution in [-0.2, 0) is 27.9 Å². The molecule has 1 aliphatic heterocycles. The Labute approximate surface area is 242 Å². The summed E-state index contributed by atoms with van der Waals surface area (Å²) in [5.41, 5.74) is 2.56. The Morgan fingerprint density at radius 3 is 2.65 bits per heavy atom. The minimum absolute atomic E-state index is 0.00648. The van der Waals surface area contributed by atoms with E-state index < -0.39 is 10.0 Å². The van der Waals surface area contributed by atoms with Crippen LogP contribution in [0.3, 0.4) is 0 Å². The monoisotopic (exact) mass is 601 g/mol. The van der Waals surface area contributed by atoms with Crippen molar-refractivity contribution in [2.75, 3.05) is 18.4 Å². The normalized spacial score (nSPS) is 15.6. The van der Waals surface area contributed by atoms with E-state index in [1.54, 1.807) is 10.7 Å². The van der Waals surface area contributed by atoms with Crippen LogP contribution in [0.5, 0.6) is 5.75 Å². The zero-order valence-corrected chi connectivity index (χ0v) is 24.1. The molecule has 0 unspecified atom stereocenters. The molecule has 9 nitrogen and oxygen atoms in total. The Morgan fingerprint density at radius 1 is 1.10 bits per heavy atom. The van der Waals surface area contributed by atoms with Gasteiger partial charge >= 0.3 is 0 Å². The third kappa shape index (κ3) is 6.05. The molecule has 40 heavy (non-hydrogen) atoms. The third-order valence-corrected chi connectivity index (χ3v) is 9.13. The first-order valence-electron chi connectivity index (χ1n) is 12.9. The summed E-state index contributed by atoms with van der Waals surface area (Å²) in [5, 5.41) is 11.5. The van der Waals surface area contributed by atoms with Crippen molar-refractivity contribution < 1.29 is 17.9 Å². The third-order valence-electron chi connectivity index (χ3n) is 6.81. The number of anilines is 1. The number of amides is 1. The van der Waals surface area contributed by atoms with Crippen molar-refractivity contribution in [2.24, 2.45) is 0 Å². The Kier molecular flexibility index (Phi) is 8.51. The molecule has 2 heterocycles. The highest BCUT2D eigenvalue weighted by molar-refractivity contribution is 7.92. The smallest absolute Gasteiger partial charge is 0.264 e. The van der Waals surface area contributed by atoms with Gasteiger partial charge in [0.25, 0.3) is 10.0 Å². The number of fused-ring (bicyclic) bond motifs is 1. The number of nitrogens with zero attached hydrogens (tertiary/aromatic N) is 2. The molecule has 4 aromatic rings. The highest BCUT2D eigenvalue weighted by Gasteiger charge is 2.24. The molecule has 0 radical (unpaired) electrons. The first kappa shape index (κ1) is 28.2. The molecule has 1 aliphatic rings. The number of carbonyl (C=O) groups is 1. The summed E-state index contributed by atoms with van der Waals surface area (Å²) < 4.78 is 36.4. The predicted octanol–water partition coefficient (Wildman–Crippen LogP) is 4.96. The fourth-order valence-corrected chi connectivity index (χ4v) is 6.60. The zero-order chi connectivity index (χ0) is 28.3. The topological polar surface area (TPSA) is 114 Å². The van der Waals surface area contributed by atoms with Crippen molar-refractivity contribution in [3.8, 4) is 5.75 Å². The molecule has 1 aromatic heterocycles. The van der Waals surface area contributed by atoms with E-state index in [4.69, 9.17) is 27.9 Å². The number of ether oxygens (including phenoxy) is 1. The highest BCUT2D eigenvalue weighted by Crippen LogP contribution is 2.35. The number of hydrogen-bond acceptors (Lipinski definition) is 6. The number of nitrogens with one attached hydrogen (secondary N) is 3. The lowest BCUT2D eigenvalue weighted by Crippen LogP contribution is -2.46. The van der Waals surface area contributed by atoms with Crippen LogP contribution in [0.4, 0.5) is 5.82 Å². The predicted molar refractivity (Wildman–Crippen MR) is 157 cm³/mol. The van der Waals surface area contributed by atoms with E-state index in [9.17, 15) is 13.2 Å². The summed E-state index contributed by atoms with van der Waals surface area (Å²) in [6, 6.07) is 17.5. The number of methoxy groups -OCH3 is 1. The number of sulfonamides is 1. The molecule has 0 spiro atoms. The van der Waals surface area contributed by atoms with Crippen molar-refractivity contribution in [1.29, 1.82) is 0 Å². The van der Waals surface area contributed by atoms with E-state index in [-0.39, 0.29) is 32.7 Å². The van der Waals surface area contributed by atoms with E-state index >= 15 is 0 Å². The van der Waals surface area contributed by atoms with Gasteiger partial charge in [-0.05, 0) is 54.8 Å². The number of rotatable bonds is 9. The van der Waals surface area contributed by atoms with E-state index in [1.807, 2.05) is 36.4 Å². The first-order valence-corrected chi connectivity index (χ1v) is 15.1. The number of carbonyl (C=O) groups excluding carboxylic acids is 1. The van der Waals surface area contributed by atoms with E-state index in [1.165, 1.54) is 25.3 Å². The molecule has 12 heteroatoms. The highest BCUT2D eigenvalue weighted by atomic mass is 35.5. The van der Waals surface area contributed by atoms with Crippen LogP contribution >= 0.6 is 23.2 Å². The fourth-order valence-electron chi connectivity index (χ4n) is 4.83. The number of piperidine rings is 1. The molecular weight excluding hydrogens is 573 g/mol. The van der Waals surface area contributed by atoms with Gasteiger partial charge in [0, 0.05) is 6.54 Å². The second-order valence-electron chi connectivity index (χ2n) is 9.56. The maximum atomic E-state index is 13.3. The average Bonchev–Trinajstić information content (AvgIpc) is 3.30. The van der Waals surface area contributed by atoms with Gasteiger partial charge < -0.3 is 15.4 Å². The maximum Gasteiger partial charge on any atom is 0.264 e. The number of aromatic nitrogens is 2. The Balaban J connectivity index is 1.41. The van der Waals surface area contributed by atoms with Crippen molar-refractivity contribution in [3.63, 3.8) is 0 Å². The fraction of sp³-hybridized carbons (Fsp3) is 0.286. The van der Waals surface area contributed by atoms with Gasteiger partial charge in [-0.3, -0.25) is 14.2 Å². The van der Waals surface area contributed by atoms with Gasteiger partial charge in [0.05, 0.1) is 40.6 Å². The SMILES string of the molecule is COc1cccc2c1c(NS(=O)(=O)c1cccc(Cl)c1Cl)nn2Cc1cccc(CNC(=O)[C@@H]2CCCCN2)c1. The second kappa shape index (κ2) is 12.1. The summed E-state index contributed by atoms with van der Waals surface area (Å²) in [5.74, 6) is 0.574. The lowest BCUT2D eigenvalue weighted by Gasteiger charge is -2.22. The second-order valence-corrected chi connectivity index (χ2v) is 12.0. The maximum absolute atomic E-state index is 13.3. The molecular formula is C28H29Cl2N5O4S. The van der Waals surface area contributed by atoms with Gasteiger partial charge in [-0.2, -0.15) is 5.10 Å². The summed E-state index contributed by atoms with van der Waals surface area (Å²) in [6.45, 7) is 1.62. The molecule has 1 amide bonds. The molecule has 3 aromatic carbocycles. The number of halogens is 2. The van der Waals surface area contributed by atoms with Crippen LogP contribution in [0.1, 0.15) is 30.4 Å². The summed E-state index contributed by atoms with van der Waals surface area (Å²) in [4.78, 5) is 12.4. The molecule has 0 aliphatic carbocycles. The summed E-state index contributed by atoms with van der Waals surface area (Å²) in [6.07, 6.45) is 2.99. The van der Waals surface area contributed by atoms with Crippen LogP contribution in [0.25, 0.3) is 10.9 Å². The van der Waals surface area contributed by atoms with Crippen LogP contribution in [0.15, 0.2) is 65.6 Å². The number of benzene rings is 3. The molecule has 1 fully saturated rings. The molecule has 5 rings (SSSR count). The molecule has 1 atom stereocenters. The van der Waals surface area contributed by atoms with Gasteiger partial charge in [0.15, 0.2) is 5.82 Å². The molecule has 1 saturated heterocycles. The minimum Gasteiger partial charge on any atom is -0.496 e. The largest absolute Gasteiger partial charge is 0.496 e. The Morgan fingerprint density at radius 2 is 1.88 bits per heavy atom. The molecule has 3 N–H and O–H groups in total. The van der Waals surface area contributed by atoms with Crippen LogP contribution < -0.4 is 20.1 Å². The van der Waals surface area contributed by atoms with Crippen LogP contribution in [0, 0.1) is 0 Å². The van der Waals surface area contributed by atoms with Crippen LogP contribution in [0.2, 0.25) is 10.0 Å². The van der Waals surface area contributed by atoms with Gasteiger partial charge in [0.1, 0.15) is 10.6 Å². The quantitative estimate of drug-likeness (QED) is 0.250.